The van der Waals surface area contributed by atoms with Crippen LogP contribution in [0.2, 0.25) is 0 Å². The van der Waals surface area contributed by atoms with Crippen molar-refractivity contribution in [1.29, 1.82) is 0 Å². The molecule has 2 atom stereocenters. The van der Waals surface area contributed by atoms with Gasteiger partial charge in [-0.1, -0.05) is 34.6 Å². The Morgan fingerprint density at radius 2 is 1.92 bits per heavy atom. The molecule has 1 nitrogen and oxygen atoms in total. The highest BCUT2D eigenvalue weighted by Gasteiger charge is 2.45. The first-order valence-electron chi connectivity index (χ1n) is 4.90. The van der Waals surface area contributed by atoms with Gasteiger partial charge >= 0.3 is 0 Å². The fourth-order valence-electron chi connectivity index (χ4n) is 2.11. The minimum atomic E-state index is 0.228. The zero-order chi connectivity index (χ0) is 9.52. The molecule has 1 rings (SSSR count). The summed E-state index contributed by atoms with van der Waals surface area (Å²) in [6.07, 6.45) is 1.07. The molecule has 0 heterocycles. The molecule has 0 radical (unpaired) electrons. The second kappa shape index (κ2) is 2.86. The minimum Gasteiger partial charge on any atom is -0.299 e. The lowest BCUT2D eigenvalue weighted by atomic mass is 9.82. The smallest absolute Gasteiger partial charge is 0.139 e. The third kappa shape index (κ3) is 1.41. The van der Waals surface area contributed by atoms with E-state index in [9.17, 15) is 4.79 Å². The molecule has 0 saturated heterocycles. The summed E-state index contributed by atoms with van der Waals surface area (Å²) < 4.78 is 0. The second-order valence-corrected chi connectivity index (χ2v) is 5.17. The van der Waals surface area contributed by atoms with Gasteiger partial charge < -0.3 is 0 Å². The molecule has 12 heavy (non-hydrogen) atoms. The second-order valence-electron chi connectivity index (χ2n) is 5.17. The van der Waals surface area contributed by atoms with Gasteiger partial charge in [0, 0.05) is 11.8 Å². The van der Waals surface area contributed by atoms with E-state index in [0.717, 1.165) is 6.42 Å². The van der Waals surface area contributed by atoms with E-state index in [2.05, 4.69) is 34.6 Å². The number of carbonyl (C=O) groups excluding carboxylic acids is 1. The normalized spacial score (nSPS) is 34.7. The molecule has 1 saturated carbocycles. The highest BCUT2D eigenvalue weighted by atomic mass is 16.1. The molecule has 0 aromatic rings. The van der Waals surface area contributed by atoms with E-state index >= 15 is 0 Å². The van der Waals surface area contributed by atoms with Crippen LogP contribution in [0.25, 0.3) is 0 Å². The van der Waals surface area contributed by atoms with Gasteiger partial charge in [-0.15, -0.1) is 0 Å². The first kappa shape index (κ1) is 9.76. The van der Waals surface area contributed by atoms with Gasteiger partial charge in [0.05, 0.1) is 0 Å². The van der Waals surface area contributed by atoms with Crippen LogP contribution in [-0.4, -0.2) is 5.78 Å². The Morgan fingerprint density at radius 3 is 2.08 bits per heavy atom. The standard InChI is InChI=1S/C11H20O/c1-7(2)9-6-11(4,5)8(3)10(9)12/h7-9H,6H2,1-5H3. The summed E-state index contributed by atoms with van der Waals surface area (Å²) in [6.45, 7) is 10.8. The molecular formula is C11H20O. The van der Waals surface area contributed by atoms with E-state index in [1.165, 1.54) is 0 Å². The quantitative estimate of drug-likeness (QED) is 0.588. The number of ketones is 1. The van der Waals surface area contributed by atoms with E-state index < -0.39 is 0 Å². The molecule has 2 unspecified atom stereocenters. The monoisotopic (exact) mass is 168 g/mol. The van der Waals surface area contributed by atoms with Crippen molar-refractivity contribution in [3.8, 4) is 0 Å². The van der Waals surface area contributed by atoms with Crippen LogP contribution in [0.15, 0.2) is 0 Å². The van der Waals surface area contributed by atoms with Gasteiger partial charge in [-0.25, -0.2) is 0 Å². The summed E-state index contributed by atoms with van der Waals surface area (Å²) in [7, 11) is 0. The Balaban J connectivity index is 2.81. The average molecular weight is 168 g/mol. The Bertz CT molecular complexity index is 191. The van der Waals surface area contributed by atoms with E-state index in [1.807, 2.05) is 0 Å². The topological polar surface area (TPSA) is 17.1 Å². The highest BCUT2D eigenvalue weighted by molar-refractivity contribution is 5.86. The lowest BCUT2D eigenvalue weighted by Gasteiger charge is -2.21. The van der Waals surface area contributed by atoms with Crippen molar-refractivity contribution in [2.75, 3.05) is 0 Å². The number of hydrogen-bond acceptors (Lipinski definition) is 1. The van der Waals surface area contributed by atoms with Gasteiger partial charge in [0.25, 0.3) is 0 Å². The van der Waals surface area contributed by atoms with Gasteiger partial charge in [0.1, 0.15) is 5.78 Å². The third-order valence-corrected chi connectivity index (χ3v) is 3.52. The molecule has 0 spiro atoms. The Morgan fingerprint density at radius 1 is 1.42 bits per heavy atom. The molecule has 0 aromatic heterocycles. The molecule has 1 aliphatic carbocycles. The number of carbonyl (C=O) groups is 1. The largest absolute Gasteiger partial charge is 0.299 e. The van der Waals surface area contributed by atoms with Crippen molar-refractivity contribution < 1.29 is 4.79 Å². The molecule has 0 N–H and O–H groups in total. The molecule has 0 amide bonds. The van der Waals surface area contributed by atoms with Gasteiger partial charge in [-0.3, -0.25) is 4.79 Å². The van der Waals surface area contributed by atoms with Crippen molar-refractivity contribution in [3.05, 3.63) is 0 Å². The average Bonchev–Trinajstić information content (AvgIpc) is 2.14. The van der Waals surface area contributed by atoms with Gasteiger partial charge in [-0.2, -0.15) is 0 Å². The summed E-state index contributed by atoms with van der Waals surface area (Å²) in [5.41, 5.74) is 0.228. The molecule has 0 bridgehead atoms. The van der Waals surface area contributed by atoms with Crippen LogP contribution in [0.5, 0.6) is 0 Å². The molecule has 1 aliphatic rings. The first-order chi connectivity index (χ1) is 5.36. The first-order valence-corrected chi connectivity index (χ1v) is 4.90. The van der Waals surface area contributed by atoms with Crippen LogP contribution >= 0.6 is 0 Å². The fourth-order valence-corrected chi connectivity index (χ4v) is 2.11. The maximum Gasteiger partial charge on any atom is 0.139 e. The Kier molecular flexibility index (Phi) is 2.33. The lowest BCUT2D eigenvalue weighted by Crippen LogP contribution is -2.19. The SMILES string of the molecule is CC(C)C1CC(C)(C)C(C)C1=O. The summed E-state index contributed by atoms with van der Waals surface area (Å²) in [5.74, 6) is 1.57. The van der Waals surface area contributed by atoms with Gasteiger partial charge in [0.2, 0.25) is 0 Å². The third-order valence-electron chi connectivity index (χ3n) is 3.52. The van der Waals surface area contributed by atoms with E-state index in [-0.39, 0.29) is 11.3 Å². The van der Waals surface area contributed by atoms with Crippen LogP contribution < -0.4 is 0 Å². The van der Waals surface area contributed by atoms with Crippen molar-refractivity contribution in [2.45, 2.75) is 41.0 Å². The Hall–Kier alpha value is -0.330. The van der Waals surface area contributed by atoms with Crippen molar-refractivity contribution in [3.63, 3.8) is 0 Å². The number of Topliss-reactive ketones (excluding diaryl/α,β-unsaturated/α-hetero) is 1. The molecule has 0 aliphatic heterocycles. The molecule has 0 aromatic carbocycles. The van der Waals surface area contributed by atoms with Crippen LogP contribution in [0.1, 0.15) is 41.0 Å². The maximum absolute atomic E-state index is 11.8. The summed E-state index contributed by atoms with van der Waals surface area (Å²) in [5, 5.41) is 0. The van der Waals surface area contributed by atoms with E-state index in [0.29, 0.717) is 17.6 Å². The maximum atomic E-state index is 11.8. The van der Waals surface area contributed by atoms with E-state index in [4.69, 9.17) is 0 Å². The summed E-state index contributed by atoms with van der Waals surface area (Å²) >= 11 is 0. The summed E-state index contributed by atoms with van der Waals surface area (Å²) in [4.78, 5) is 11.8. The molecule has 1 fully saturated rings. The fraction of sp³-hybridized carbons (Fsp3) is 0.909. The van der Waals surface area contributed by atoms with Crippen LogP contribution in [0.3, 0.4) is 0 Å². The zero-order valence-electron chi connectivity index (χ0n) is 8.85. The predicted octanol–water partition coefficient (Wildman–Crippen LogP) is 2.89. The van der Waals surface area contributed by atoms with Gasteiger partial charge in [-0.05, 0) is 17.8 Å². The molecule has 70 valence electrons. The van der Waals surface area contributed by atoms with Crippen molar-refractivity contribution in [2.24, 2.45) is 23.2 Å². The highest BCUT2D eigenvalue weighted by Crippen LogP contribution is 2.45. The minimum absolute atomic E-state index is 0.228. The van der Waals surface area contributed by atoms with Crippen molar-refractivity contribution >= 4 is 5.78 Å². The number of hydrogen-bond donors (Lipinski definition) is 0. The van der Waals surface area contributed by atoms with Crippen molar-refractivity contribution in [1.82, 2.24) is 0 Å². The van der Waals surface area contributed by atoms with Crippen LogP contribution in [0.4, 0.5) is 0 Å². The predicted molar refractivity (Wildman–Crippen MR) is 50.9 cm³/mol. The number of rotatable bonds is 1. The van der Waals surface area contributed by atoms with E-state index in [1.54, 1.807) is 0 Å². The van der Waals surface area contributed by atoms with Crippen LogP contribution in [0, 0.1) is 23.2 Å². The molecular weight excluding hydrogens is 148 g/mol. The molecule has 1 heteroatoms. The Labute approximate surface area is 75.5 Å². The zero-order valence-corrected chi connectivity index (χ0v) is 8.85. The van der Waals surface area contributed by atoms with Crippen LogP contribution in [-0.2, 0) is 4.79 Å². The summed E-state index contributed by atoms with van der Waals surface area (Å²) in [6, 6.07) is 0. The lowest BCUT2D eigenvalue weighted by molar-refractivity contribution is -0.125. The van der Waals surface area contributed by atoms with Gasteiger partial charge in [0.15, 0.2) is 0 Å².